The SMILES string of the molecule is O=C(O)C(Cc1ccccc1)CC(F)F. The highest BCUT2D eigenvalue weighted by atomic mass is 19.3. The number of alkyl halides is 2. The molecule has 1 N–H and O–H groups in total. The predicted molar refractivity (Wildman–Crippen MR) is 51.9 cm³/mol. The van der Waals surface area contributed by atoms with Crippen LogP contribution in [0.5, 0.6) is 0 Å². The predicted octanol–water partition coefficient (Wildman–Crippen LogP) is 2.59. The van der Waals surface area contributed by atoms with Gasteiger partial charge in [0, 0.05) is 6.42 Å². The molecular weight excluding hydrogens is 202 g/mol. The molecule has 0 aliphatic rings. The number of halogens is 2. The zero-order valence-corrected chi connectivity index (χ0v) is 8.07. The van der Waals surface area contributed by atoms with Crippen LogP contribution in [0, 0.1) is 5.92 Å². The summed E-state index contributed by atoms with van der Waals surface area (Å²) in [7, 11) is 0. The van der Waals surface area contributed by atoms with Crippen LogP contribution in [-0.4, -0.2) is 17.5 Å². The zero-order valence-electron chi connectivity index (χ0n) is 8.07. The van der Waals surface area contributed by atoms with E-state index in [1.54, 1.807) is 30.3 Å². The largest absolute Gasteiger partial charge is 0.481 e. The molecule has 1 aromatic rings. The molecule has 0 radical (unpaired) electrons. The average Bonchev–Trinajstić information content (AvgIpc) is 2.17. The Morgan fingerprint density at radius 3 is 2.33 bits per heavy atom. The molecule has 1 rings (SSSR count). The molecule has 0 saturated heterocycles. The summed E-state index contributed by atoms with van der Waals surface area (Å²) in [4.78, 5) is 10.7. The third-order valence-corrected chi connectivity index (χ3v) is 2.14. The van der Waals surface area contributed by atoms with E-state index in [0.29, 0.717) is 0 Å². The fourth-order valence-electron chi connectivity index (χ4n) is 1.39. The number of benzene rings is 1. The maximum atomic E-state index is 12.1. The summed E-state index contributed by atoms with van der Waals surface area (Å²) in [6.07, 6.45) is -3.01. The second-order valence-electron chi connectivity index (χ2n) is 3.35. The summed E-state index contributed by atoms with van der Waals surface area (Å²) in [5, 5.41) is 8.75. The van der Waals surface area contributed by atoms with Gasteiger partial charge in [-0.25, -0.2) is 8.78 Å². The number of carboxylic acid groups (broad SMARTS) is 1. The lowest BCUT2D eigenvalue weighted by Gasteiger charge is -2.11. The first-order valence-corrected chi connectivity index (χ1v) is 4.64. The van der Waals surface area contributed by atoms with Crippen LogP contribution in [-0.2, 0) is 11.2 Å². The molecule has 0 amide bonds. The Morgan fingerprint density at radius 1 is 1.27 bits per heavy atom. The number of hydrogen-bond donors (Lipinski definition) is 1. The number of carboxylic acids is 1. The van der Waals surface area contributed by atoms with Crippen LogP contribution in [0.2, 0.25) is 0 Å². The fourth-order valence-corrected chi connectivity index (χ4v) is 1.39. The third-order valence-electron chi connectivity index (χ3n) is 2.14. The van der Waals surface area contributed by atoms with Gasteiger partial charge in [0.05, 0.1) is 5.92 Å². The van der Waals surface area contributed by atoms with Gasteiger partial charge in [-0.2, -0.15) is 0 Å². The smallest absolute Gasteiger partial charge is 0.307 e. The molecule has 1 unspecified atom stereocenters. The highest BCUT2D eigenvalue weighted by Gasteiger charge is 2.22. The number of aliphatic carboxylic acids is 1. The normalized spacial score (nSPS) is 12.7. The van der Waals surface area contributed by atoms with E-state index >= 15 is 0 Å². The third kappa shape index (κ3) is 4.06. The van der Waals surface area contributed by atoms with Gasteiger partial charge in [-0.15, -0.1) is 0 Å². The first-order valence-electron chi connectivity index (χ1n) is 4.64. The van der Waals surface area contributed by atoms with Crippen LogP contribution in [0.1, 0.15) is 12.0 Å². The van der Waals surface area contributed by atoms with Crippen LogP contribution >= 0.6 is 0 Å². The van der Waals surface area contributed by atoms with Gasteiger partial charge in [-0.05, 0) is 12.0 Å². The second-order valence-corrected chi connectivity index (χ2v) is 3.35. The van der Waals surface area contributed by atoms with Gasteiger partial charge in [-0.1, -0.05) is 30.3 Å². The summed E-state index contributed by atoms with van der Waals surface area (Å²) in [6, 6.07) is 8.79. The van der Waals surface area contributed by atoms with E-state index in [9.17, 15) is 13.6 Å². The molecule has 1 atom stereocenters. The van der Waals surface area contributed by atoms with Crippen molar-refractivity contribution in [2.24, 2.45) is 5.92 Å². The lowest BCUT2D eigenvalue weighted by Crippen LogP contribution is -2.19. The minimum Gasteiger partial charge on any atom is -0.481 e. The molecule has 0 bridgehead atoms. The zero-order chi connectivity index (χ0) is 11.3. The minimum atomic E-state index is -2.57. The maximum Gasteiger partial charge on any atom is 0.307 e. The van der Waals surface area contributed by atoms with Crippen molar-refractivity contribution in [3.05, 3.63) is 35.9 Å². The number of carbonyl (C=O) groups is 1. The van der Waals surface area contributed by atoms with Gasteiger partial charge in [0.1, 0.15) is 0 Å². The summed E-state index contributed by atoms with van der Waals surface area (Å²) < 4.78 is 24.2. The van der Waals surface area contributed by atoms with E-state index in [1.165, 1.54) is 0 Å². The van der Waals surface area contributed by atoms with Crippen molar-refractivity contribution in [3.63, 3.8) is 0 Å². The van der Waals surface area contributed by atoms with Crippen LogP contribution < -0.4 is 0 Å². The summed E-state index contributed by atoms with van der Waals surface area (Å²) in [6.45, 7) is 0. The Kier molecular flexibility index (Phi) is 4.21. The van der Waals surface area contributed by atoms with Crippen molar-refractivity contribution in [2.45, 2.75) is 19.3 Å². The summed E-state index contributed by atoms with van der Waals surface area (Å²) in [5.74, 6) is -2.17. The van der Waals surface area contributed by atoms with Gasteiger partial charge in [0.15, 0.2) is 0 Å². The molecule has 0 heterocycles. The molecule has 2 nitrogen and oxygen atoms in total. The molecule has 1 aromatic carbocycles. The van der Waals surface area contributed by atoms with E-state index in [2.05, 4.69) is 0 Å². The van der Waals surface area contributed by atoms with Crippen LogP contribution in [0.4, 0.5) is 8.78 Å². The standard InChI is InChI=1S/C11H12F2O2/c12-10(13)7-9(11(14)15)6-8-4-2-1-3-5-8/h1-5,9-10H,6-7H2,(H,14,15). The van der Waals surface area contributed by atoms with E-state index in [0.717, 1.165) is 5.56 Å². The molecule has 0 spiro atoms. The molecule has 4 heteroatoms. The van der Waals surface area contributed by atoms with Crippen molar-refractivity contribution in [3.8, 4) is 0 Å². The molecule has 0 aliphatic carbocycles. The van der Waals surface area contributed by atoms with E-state index < -0.39 is 24.7 Å². The summed E-state index contributed by atoms with van der Waals surface area (Å²) in [5.41, 5.74) is 0.769. The van der Waals surface area contributed by atoms with Crippen LogP contribution in [0.3, 0.4) is 0 Å². The molecule has 0 aromatic heterocycles. The van der Waals surface area contributed by atoms with E-state index in [-0.39, 0.29) is 6.42 Å². The van der Waals surface area contributed by atoms with Crippen molar-refractivity contribution in [1.29, 1.82) is 0 Å². The molecular formula is C11H12F2O2. The first-order chi connectivity index (χ1) is 7.09. The fraction of sp³-hybridized carbons (Fsp3) is 0.364. The Morgan fingerprint density at radius 2 is 1.87 bits per heavy atom. The molecule has 0 fully saturated rings. The van der Waals surface area contributed by atoms with Crippen molar-refractivity contribution in [1.82, 2.24) is 0 Å². The Bertz CT molecular complexity index is 312. The maximum absolute atomic E-state index is 12.1. The van der Waals surface area contributed by atoms with Crippen LogP contribution in [0.15, 0.2) is 30.3 Å². The van der Waals surface area contributed by atoms with Crippen LogP contribution in [0.25, 0.3) is 0 Å². The van der Waals surface area contributed by atoms with Crippen molar-refractivity contribution >= 4 is 5.97 Å². The highest BCUT2D eigenvalue weighted by molar-refractivity contribution is 5.70. The lowest BCUT2D eigenvalue weighted by atomic mass is 9.96. The Labute approximate surface area is 86.5 Å². The molecule has 82 valence electrons. The Balaban J connectivity index is 2.63. The first kappa shape index (κ1) is 11.6. The quantitative estimate of drug-likeness (QED) is 0.817. The van der Waals surface area contributed by atoms with Crippen molar-refractivity contribution < 1.29 is 18.7 Å². The van der Waals surface area contributed by atoms with Gasteiger partial charge < -0.3 is 5.11 Å². The topological polar surface area (TPSA) is 37.3 Å². The van der Waals surface area contributed by atoms with E-state index in [4.69, 9.17) is 5.11 Å². The van der Waals surface area contributed by atoms with Gasteiger partial charge in [0.25, 0.3) is 0 Å². The molecule has 0 aliphatic heterocycles. The number of rotatable bonds is 5. The monoisotopic (exact) mass is 214 g/mol. The summed E-state index contributed by atoms with van der Waals surface area (Å²) >= 11 is 0. The van der Waals surface area contributed by atoms with Crippen molar-refractivity contribution in [2.75, 3.05) is 0 Å². The lowest BCUT2D eigenvalue weighted by molar-refractivity contribution is -0.143. The number of hydrogen-bond acceptors (Lipinski definition) is 1. The molecule has 15 heavy (non-hydrogen) atoms. The van der Waals surface area contributed by atoms with Gasteiger partial charge >= 0.3 is 5.97 Å². The minimum absolute atomic E-state index is 0.153. The molecule has 0 saturated carbocycles. The van der Waals surface area contributed by atoms with Gasteiger partial charge in [-0.3, -0.25) is 4.79 Å². The van der Waals surface area contributed by atoms with E-state index in [1.807, 2.05) is 0 Å². The Hall–Kier alpha value is -1.45. The average molecular weight is 214 g/mol. The highest BCUT2D eigenvalue weighted by Crippen LogP contribution is 2.16. The van der Waals surface area contributed by atoms with Gasteiger partial charge in [0.2, 0.25) is 6.43 Å². The second kappa shape index (κ2) is 5.44.